The highest BCUT2D eigenvalue weighted by atomic mass is 32.2. The monoisotopic (exact) mass is 567 g/mol. The van der Waals surface area contributed by atoms with Gasteiger partial charge in [0.2, 0.25) is 5.91 Å². The number of hydrogen-bond donors (Lipinski definition) is 0. The lowest BCUT2D eigenvalue weighted by Crippen LogP contribution is -2.35. The molecule has 2 aromatic rings. The van der Waals surface area contributed by atoms with E-state index in [4.69, 9.17) is 0 Å². The van der Waals surface area contributed by atoms with Gasteiger partial charge in [0.1, 0.15) is 16.4 Å². The van der Waals surface area contributed by atoms with Crippen molar-refractivity contribution >= 4 is 43.2 Å². The van der Waals surface area contributed by atoms with Crippen molar-refractivity contribution < 1.29 is 36.0 Å². The Labute approximate surface area is 226 Å². The molecule has 0 atom stereocenters. The summed E-state index contributed by atoms with van der Waals surface area (Å²) < 4.78 is 48.2. The summed E-state index contributed by atoms with van der Waals surface area (Å²) in [5, 5.41) is 0. The van der Waals surface area contributed by atoms with E-state index in [1.807, 2.05) is 27.7 Å². The Morgan fingerprint density at radius 3 is 1.82 bits per heavy atom. The number of amides is 2. The number of carbonyl (C=O) groups is 4. The second-order valence-corrected chi connectivity index (χ2v) is 11.0. The minimum Gasteiger partial charge on any atom is -0.299 e. The molecule has 210 valence electrons. The third kappa shape index (κ3) is 8.16. The van der Waals surface area contributed by atoms with Crippen LogP contribution >= 0.6 is 0 Å². The number of imide groups is 1. The van der Waals surface area contributed by atoms with Crippen LogP contribution in [0.3, 0.4) is 0 Å². The van der Waals surface area contributed by atoms with E-state index >= 15 is 0 Å². The molecule has 0 aromatic heterocycles. The van der Waals surface area contributed by atoms with Crippen LogP contribution in [-0.2, 0) is 29.4 Å². The van der Waals surface area contributed by atoms with E-state index < -0.39 is 37.4 Å². The predicted molar refractivity (Wildman–Crippen MR) is 146 cm³/mol. The molecule has 0 saturated carbocycles. The van der Waals surface area contributed by atoms with Gasteiger partial charge in [-0.25, -0.2) is 16.8 Å². The molecule has 0 aliphatic carbocycles. The number of carbonyl (C=O) groups excluding carboxylic acids is 4. The van der Waals surface area contributed by atoms with Gasteiger partial charge in [0.05, 0.1) is 10.5 Å². The molecule has 0 bridgehead atoms. The second-order valence-electron chi connectivity index (χ2n) is 7.24. The zero-order valence-electron chi connectivity index (χ0n) is 23.0. The lowest BCUT2D eigenvalue weighted by atomic mass is 10.1. The number of sulfone groups is 1. The Hall–Kier alpha value is -3.18. The summed E-state index contributed by atoms with van der Waals surface area (Å²) in [7, 11) is -7.70. The molecule has 0 saturated heterocycles. The van der Waals surface area contributed by atoms with Crippen LogP contribution in [0.2, 0.25) is 0 Å². The Bertz CT molecular complexity index is 1350. The largest absolute Gasteiger partial charge is 0.299 e. The quantitative estimate of drug-likeness (QED) is 0.433. The van der Waals surface area contributed by atoms with Crippen molar-refractivity contribution in [1.29, 1.82) is 0 Å². The maximum Gasteiger partial charge on any atom is 0.276 e. The predicted octanol–water partition coefficient (Wildman–Crippen LogP) is 4.85. The molecule has 0 N–H and O–H groups in total. The molecule has 0 spiro atoms. The van der Waals surface area contributed by atoms with Crippen molar-refractivity contribution in [3.63, 3.8) is 0 Å². The van der Waals surface area contributed by atoms with Gasteiger partial charge in [0.15, 0.2) is 15.6 Å². The lowest BCUT2D eigenvalue weighted by molar-refractivity contribution is -0.124. The summed E-state index contributed by atoms with van der Waals surface area (Å²) >= 11 is 0. The Balaban J connectivity index is 0.000000639. The van der Waals surface area contributed by atoms with Crippen LogP contribution < -0.4 is 0 Å². The van der Waals surface area contributed by atoms with E-state index in [2.05, 4.69) is 0 Å². The fraction of sp³-hybridized carbons (Fsp3) is 0.407. The van der Waals surface area contributed by atoms with Gasteiger partial charge in [-0.1, -0.05) is 78.8 Å². The second kappa shape index (κ2) is 15.9. The molecule has 11 heteroatoms. The standard InChI is InChI=1S/C13H16O4S.C10H9NO4S.2C2H6/c1-3-10(14)9-18(16,17)13-8-6-5-7-11(13)12(15)4-2;1-2-9(12)11-10(13)7-5-3-4-6-8(7)16(11,14)15;2*1-2/h5-8H,3-4,9H2,1-2H3;3-6H,2H2,1H3;2*1-2H3. The third-order valence-corrected chi connectivity index (χ3v) is 8.43. The van der Waals surface area contributed by atoms with Crippen LogP contribution in [0.1, 0.15) is 88.4 Å². The normalized spacial score (nSPS) is 12.9. The van der Waals surface area contributed by atoms with Crippen molar-refractivity contribution in [1.82, 2.24) is 4.31 Å². The van der Waals surface area contributed by atoms with E-state index in [0.29, 0.717) is 4.31 Å². The topological polar surface area (TPSA) is 140 Å². The summed E-state index contributed by atoms with van der Waals surface area (Å²) in [6.07, 6.45) is 0.371. The van der Waals surface area contributed by atoms with Crippen molar-refractivity contribution in [3.8, 4) is 0 Å². The fourth-order valence-electron chi connectivity index (χ4n) is 3.13. The molecular formula is C27H37NO8S2. The van der Waals surface area contributed by atoms with E-state index in [0.717, 1.165) is 0 Å². The summed E-state index contributed by atoms with van der Waals surface area (Å²) in [5.41, 5.74) is 0.230. The van der Waals surface area contributed by atoms with E-state index in [1.54, 1.807) is 32.0 Å². The first-order valence-electron chi connectivity index (χ1n) is 12.5. The molecule has 9 nitrogen and oxygen atoms in total. The number of hydrogen-bond acceptors (Lipinski definition) is 8. The molecule has 1 aliphatic heterocycles. The first-order chi connectivity index (χ1) is 17.9. The van der Waals surface area contributed by atoms with Crippen LogP contribution in [0.25, 0.3) is 0 Å². The van der Waals surface area contributed by atoms with E-state index in [-0.39, 0.29) is 51.7 Å². The zero-order chi connectivity index (χ0) is 29.7. The average molecular weight is 568 g/mol. The smallest absolute Gasteiger partial charge is 0.276 e. The van der Waals surface area contributed by atoms with Gasteiger partial charge >= 0.3 is 0 Å². The minimum atomic E-state index is -3.97. The molecule has 1 aliphatic rings. The van der Waals surface area contributed by atoms with Crippen LogP contribution in [-0.4, -0.2) is 50.3 Å². The number of sulfonamides is 1. The Morgan fingerprint density at radius 1 is 0.789 bits per heavy atom. The van der Waals surface area contributed by atoms with Gasteiger partial charge in [-0.3, -0.25) is 19.2 Å². The fourth-order valence-corrected chi connectivity index (χ4v) is 6.31. The van der Waals surface area contributed by atoms with E-state index in [1.165, 1.54) is 37.3 Å². The molecule has 2 amide bonds. The highest BCUT2D eigenvalue weighted by Crippen LogP contribution is 2.30. The maximum absolute atomic E-state index is 12.1. The minimum absolute atomic E-state index is 0.0288. The molecule has 38 heavy (non-hydrogen) atoms. The van der Waals surface area contributed by atoms with Crippen LogP contribution in [0, 0.1) is 0 Å². The zero-order valence-corrected chi connectivity index (χ0v) is 24.6. The van der Waals surface area contributed by atoms with Crippen LogP contribution in [0.15, 0.2) is 58.3 Å². The van der Waals surface area contributed by atoms with Gasteiger partial charge in [-0.2, -0.15) is 4.31 Å². The Morgan fingerprint density at radius 2 is 1.32 bits per heavy atom. The van der Waals surface area contributed by atoms with Gasteiger partial charge < -0.3 is 0 Å². The van der Waals surface area contributed by atoms with Crippen molar-refractivity contribution in [2.75, 3.05) is 5.75 Å². The lowest BCUT2D eigenvalue weighted by Gasteiger charge is -2.10. The molecule has 0 unspecified atom stereocenters. The third-order valence-electron chi connectivity index (χ3n) is 4.94. The van der Waals surface area contributed by atoms with Gasteiger partial charge in [0, 0.05) is 24.8 Å². The first-order valence-corrected chi connectivity index (χ1v) is 15.6. The van der Waals surface area contributed by atoms with E-state index in [9.17, 15) is 36.0 Å². The molecule has 0 radical (unpaired) electrons. The number of Topliss-reactive ketones (excluding diaryl/α,β-unsaturated/α-hetero) is 2. The number of ketones is 2. The molecule has 3 rings (SSSR count). The summed E-state index contributed by atoms with van der Waals surface area (Å²) in [5.74, 6) is -2.60. The Kier molecular flexibility index (Phi) is 14.6. The number of rotatable bonds is 7. The van der Waals surface area contributed by atoms with Crippen molar-refractivity contribution in [2.24, 2.45) is 0 Å². The van der Waals surface area contributed by atoms with Crippen molar-refractivity contribution in [3.05, 3.63) is 59.7 Å². The molecular weight excluding hydrogens is 530 g/mol. The average Bonchev–Trinajstić information content (AvgIpc) is 3.14. The molecule has 1 heterocycles. The number of fused-ring (bicyclic) bond motifs is 1. The van der Waals surface area contributed by atoms with Crippen molar-refractivity contribution in [2.45, 2.75) is 77.5 Å². The maximum atomic E-state index is 12.1. The first kappa shape index (κ1) is 34.8. The summed E-state index contributed by atoms with van der Waals surface area (Å²) in [6, 6.07) is 11.8. The van der Waals surface area contributed by atoms with Crippen LogP contribution in [0.4, 0.5) is 0 Å². The number of nitrogens with zero attached hydrogens (tertiary/aromatic N) is 1. The molecule has 0 fully saturated rings. The number of benzene rings is 2. The molecule has 2 aromatic carbocycles. The van der Waals surface area contributed by atoms with Gasteiger partial charge in [0.25, 0.3) is 15.9 Å². The highest BCUT2D eigenvalue weighted by Gasteiger charge is 2.44. The summed E-state index contributed by atoms with van der Waals surface area (Å²) in [6.45, 7) is 12.8. The van der Waals surface area contributed by atoms with Crippen LogP contribution in [0.5, 0.6) is 0 Å². The van der Waals surface area contributed by atoms with Gasteiger partial charge in [-0.05, 0) is 18.2 Å². The highest BCUT2D eigenvalue weighted by molar-refractivity contribution is 7.92. The SMILES string of the molecule is CC.CC.CCC(=O)CS(=O)(=O)c1ccccc1C(=O)CC.CCC(=O)N1C(=O)c2ccccc2S1(=O)=O. The van der Waals surface area contributed by atoms with Gasteiger partial charge in [-0.15, -0.1) is 0 Å². The summed E-state index contributed by atoms with van der Waals surface area (Å²) in [4.78, 5) is 46.0.